The van der Waals surface area contributed by atoms with E-state index in [4.69, 9.17) is 0 Å². The van der Waals surface area contributed by atoms with E-state index in [2.05, 4.69) is 156 Å². The lowest BCUT2D eigenvalue weighted by Gasteiger charge is -2.39. The minimum atomic E-state index is -0.442. The third-order valence-electron chi connectivity index (χ3n) is 9.82. The summed E-state index contributed by atoms with van der Waals surface area (Å²) in [4.78, 5) is 0. The minimum absolute atomic E-state index is 0.442. The summed E-state index contributed by atoms with van der Waals surface area (Å²) in [6.45, 7) is 13.6. The van der Waals surface area contributed by atoms with Gasteiger partial charge < -0.3 is 5.32 Å². The van der Waals surface area contributed by atoms with Crippen LogP contribution in [0.15, 0.2) is 109 Å². The molecule has 2 heteroatoms. The molecular weight excluding hydrogens is 563 g/mol. The molecule has 1 N–H and O–H groups in total. The smallest absolute Gasteiger partial charge is 0.0724 e. The predicted molar refractivity (Wildman–Crippen MR) is 195 cm³/mol. The Morgan fingerprint density at radius 3 is 1.69 bits per heavy atom. The maximum absolute atomic E-state index is 3.82. The van der Waals surface area contributed by atoms with Gasteiger partial charge in [0, 0.05) is 31.5 Å². The van der Waals surface area contributed by atoms with Gasteiger partial charge in [-0.2, -0.15) is 0 Å². The Hall–Kier alpha value is -4.66. The molecule has 7 aromatic rings. The highest BCUT2D eigenvalue weighted by atomic mass is 32.1. The number of benzene rings is 6. The molecule has 0 bridgehead atoms. The van der Waals surface area contributed by atoms with Crippen LogP contribution in [0.3, 0.4) is 0 Å². The van der Waals surface area contributed by atoms with Crippen LogP contribution in [0, 0.1) is 41.5 Å². The van der Waals surface area contributed by atoms with Gasteiger partial charge >= 0.3 is 0 Å². The van der Waals surface area contributed by atoms with E-state index >= 15 is 0 Å². The molecule has 1 heterocycles. The number of hydrogen-bond acceptors (Lipinski definition) is 2. The molecule has 220 valence electrons. The van der Waals surface area contributed by atoms with Gasteiger partial charge in [-0.15, -0.1) is 11.3 Å². The topological polar surface area (TPSA) is 12.0 Å². The van der Waals surface area contributed by atoms with Crippen molar-refractivity contribution in [2.45, 2.75) is 47.0 Å². The summed E-state index contributed by atoms with van der Waals surface area (Å²) in [5, 5.41) is 6.47. The lowest BCUT2D eigenvalue weighted by molar-refractivity contribution is 0.739. The van der Waals surface area contributed by atoms with Crippen LogP contribution in [-0.4, -0.2) is 0 Å². The normalized spacial score (nSPS) is 13.3. The first kappa shape index (κ1) is 27.9. The highest BCUT2D eigenvalue weighted by Crippen LogP contribution is 2.59. The summed E-state index contributed by atoms with van der Waals surface area (Å²) in [6, 6.07) is 41.1. The van der Waals surface area contributed by atoms with Crippen molar-refractivity contribution in [3.05, 3.63) is 165 Å². The second-order valence-corrected chi connectivity index (χ2v) is 14.1. The van der Waals surface area contributed by atoms with Crippen molar-refractivity contribution in [2.75, 3.05) is 5.32 Å². The Bertz CT molecular complexity index is 2210. The van der Waals surface area contributed by atoms with Crippen molar-refractivity contribution in [3.8, 4) is 11.1 Å². The monoisotopic (exact) mass is 599 g/mol. The molecule has 0 fully saturated rings. The van der Waals surface area contributed by atoms with Crippen LogP contribution in [0.2, 0.25) is 0 Å². The number of rotatable bonds is 4. The Kier molecular flexibility index (Phi) is 6.31. The quantitative estimate of drug-likeness (QED) is 0.212. The van der Waals surface area contributed by atoms with Gasteiger partial charge in [-0.25, -0.2) is 0 Å². The Labute approximate surface area is 270 Å². The number of anilines is 2. The van der Waals surface area contributed by atoms with E-state index in [0.717, 1.165) is 11.4 Å². The molecule has 0 aliphatic heterocycles. The molecule has 0 spiro atoms. The molecule has 0 radical (unpaired) electrons. The lowest BCUT2D eigenvalue weighted by Crippen LogP contribution is -2.32. The van der Waals surface area contributed by atoms with Gasteiger partial charge in [0.15, 0.2) is 0 Å². The van der Waals surface area contributed by atoms with E-state index in [9.17, 15) is 0 Å². The van der Waals surface area contributed by atoms with Crippen LogP contribution in [-0.2, 0) is 5.41 Å². The van der Waals surface area contributed by atoms with E-state index in [1.54, 1.807) is 0 Å². The lowest BCUT2D eigenvalue weighted by atomic mass is 9.63. The van der Waals surface area contributed by atoms with E-state index < -0.39 is 5.41 Å². The standard InChI is InChI=1S/C43H37NS/c1-25-19-27(3)41(28(4)20-25)43(42-29(5)21-26(2)22-30(42)6)37-13-9-7-11-33(37)34-17-15-31(23-38(34)43)44-32-16-18-36-35-12-8-10-14-39(35)45-40(36)24-32/h7-24,44H,1-6H3. The fraction of sp³-hybridized carbons (Fsp3) is 0.163. The highest BCUT2D eigenvalue weighted by molar-refractivity contribution is 7.25. The number of fused-ring (bicyclic) bond motifs is 6. The summed E-state index contributed by atoms with van der Waals surface area (Å²) < 4.78 is 2.64. The molecule has 0 atom stereocenters. The third kappa shape index (κ3) is 4.12. The minimum Gasteiger partial charge on any atom is -0.355 e. The van der Waals surface area contributed by atoms with Gasteiger partial charge in [-0.1, -0.05) is 90.0 Å². The first-order valence-corrected chi connectivity index (χ1v) is 16.7. The van der Waals surface area contributed by atoms with Gasteiger partial charge in [0.2, 0.25) is 0 Å². The van der Waals surface area contributed by atoms with E-state index in [0.29, 0.717) is 0 Å². The maximum atomic E-state index is 3.82. The maximum Gasteiger partial charge on any atom is 0.0724 e. The third-order valence-corrected chi connectivity index (χ3v) is 10.9. The Balaban J connectivity index is 1.39. The van der Waals surface area contributed by atoms with Crippen molar-refractivity contribution in [3.63, 3.8) is 0 Å². The number of hydrogen-bond donors (Lipinski definition) is 1. The van der Waals surface area contributed by atoms with Gasteiger partial charge in [0.05, 0.1) is 5.41 Å². The molecule has 8 rings (SSSR count). The average molecular weight is 600 g/mol. The molecule has 1 nitrogen and oxygen atoms in total. The van der Waals surface area contributed by atoms with Crippen LogP contribution >= 0.6 is 11.3 Å². The summed E-state index contributed by atoms with van der Waals surface area (Å²) >= 11 is 1.86. The SMILES string of the molecule is Cc1cc(C)c(C2(c3c(C)cc(C)cc3C)c3ccccc3-c3ccc(Nc4ccc5c(c4)sc4ccccc45)cc32)c(C)c1. The summed E-state index contributed by atoms with van der Waals surface area (Å²) in [5.41, 5.74) is 17.9. The number of thiophene rings is 1. The zero-order chi connectivity index (χ0) is 31.0. The molecule has 6 aromatic carbocycles. The molecule has 0 unspecified atom stereocenters. The predicted octanol–water partition coefficient (Wildman–Crippen LogP) is 12.0. The van der Waals surface area contributed by atoms with Gasteiger partial charge in [-0.05, 0) is 128 Å². The van der Waals surface area contributed by atoms with Crippen molar-refractivity contribution < 1.29 is 0 Å². The number of aryl methyl sites for hydroxylation is 6. The molecule has 1 aromatic heterocycles. The zero-order valence-corrected chi connectivity index (χ0v) is 27.6. The van der Waals surface area contributed by atoms with Gasteiger partial charge in [-0.3, -0.25) is 0 Å². The fourth-order valence-electron chi connectivity index (χ4n) is 8.53. The van der Waals surface area contributed by atoms with Crippen molar-refractivity contribution in [1.82, 2.24) is 0 Å². The van der Waals surface area contributed by atoms with Crippen molar-refractivity contribution in [1.29, 1.82) is 0 Å². The molecule has 0 saturated heterocycles. The van der Waals surface area contributed by atoms with E-state index in [1.807, 2.05) is 11.3 Å². The fourth-order valence-corrected chi connectivity index (χ4v) is 9.68. The molecular formula is C43H37NS. The van der Waals surface area contributed by atoms with Crippen LogP contribution < -0.4 is 5.32 Å². The zero-order valence-electron chi connectivity index (χ0n) is 26.8. The van der Waals surface area contributed by atoms with Gasteiger partial charge in [0.1, 0.15) is 0 Å². The number of nitrogens with one attached hydrogen (secondary N) is 1. The molecule has 0 amide bonds. The molecule has 0 saturated carbocycles. The first-order valence-electron chi connectivity index (χ1n) is 15.8. The van der Waals surface area contributed by atoms with E-state index in [-0.39, 0.29) is 0 Å². The average Bonchev–Trinajstić information content (AvgIpc) is 3.50. The van der Waals surface area contributed by atoms with Crippen LogP contribution in [0.1, 0.15) is 55.6 Å². The first-order chi connectivity index (χ1) is 21.8. The van der Waals surface area contributed by atoms with Crippen molar-refractivity contribution in [2.24, 2.45) is 0 Å². The van der Waals surface area contributed by atoms with E-state index in [1.165, 1.54) is 86.9 Å². The second-order valence-electron chi connectivity index (χ2n) is 13.0. The summed E-state index contributed by atoms with van der Waals surface area (Å²) in [6.07, 6.45) is 0. The second kappa shape index (κ2) is 10.2. The largest absolute Gasteiger partial charge is 0.355 e. The Morgan fingerprint density at radius 2 is 1.00 bits per heavy atom. The Morgan fingerprint density at radius 1 is 0.467 bits per heavy atom. The molecule has 1 aliphatic carbocycles. The molecule has 1 aliphatic rings. The van der Waals surface area contributed by atoms with Crippen LogP contribution in [0.25, 0.3) is 31.3 Å². The summed E-state index contributed by atoms with van der Waals surface area (Å²) in [7, 11) is 0. The highest BCUT2D eigenvalue weighted by Gasteiger charge is 2.49. The summed E-state index contributed by atoms with van der Waals surface area (Å²) in [5.74, 6) is 0. The van der Waals surface area contributed by atoms with Crippen LogP contribution in [0.4, 0.5) is 11.4 Å². The van der Waals surface area contributed by atoms with Crippen molar-refractivity contribution >= 4 is 42.9 Å². The van der Waals surface area contributed by atoms with Crippen LogP contribution in [0.5, 0.6) is 0 Å². The molecule has 45 heavy (non-hydrogen) atoms. The van der Waals surface area contributed by atoms with Gasteiger partial charge in [0.25, 0.3) is 0 Å².